The van der Waals surface area contributed by atoms with Gasteiger partial charge in [0.2, 0.25) is 0 Å². The fourth-order valence-electron chi connectivity index (χ4n) is 4.96. The van der Waals surface area contributed by atoms with E-state index in [2.05, 4.69) is 4.90 Å². The van der Waals surface area contributed by atoms with Gasteiger partial charge in [-0.1, -0.05) is 30.3 Å². The minimum atomic E-state index is -4.92. The Balaban J connectivity index is 1.64. The molecule has 0 N–H and O–H groups in total. The molecular formula is C27H25F6N3O2. The fraction of sp³-hybridized carbons (Fsp3) is 0.333. The molecule has 0 aliphatic carbocycles. The first-order valence-corrected chi connectivity index (χ1v) is 11.9. The number of benzene rings is 3. The average molecular weight is 538 g/mol. The van der Waals surface area contributed by atoms with Crippen molar-refractivity contribution < 1.29 is 31.3 Å². The SMILES string of the molecule is CC(Cc1cc(C(F)(F)F)cc(C(F)(F)F)c1)(c1ccccc1)N1CCN(c2ccc([N+](=O)[O-])cc2)CC1. The Morgan fingerprint density at radius 2 is 1.29 bits per heavy atom. The van der Waals surface area contributed by atoms with Crippen LogP contribution in [0.1, 0.15) is 29.2 Å². The second-order valence-electron chi connectivity index (χ2n) is 9.48. The molecule has 0 amide bonds. The lowest BCUT2D eigenvalue weighted by Crippen LogP contribution is -2.55. The number of rotatable bonds is 6. The predicted molar refractivity (Wildman–Crippen MR) is 131 cm³/mol. The second kappa shape index (κ2) is 10.3. The van der Waals surface area contributed by atoms with E-state index in [9.17, 15) is 36.5 Å². The van der Waals surface area contributed by atoms with Crippen LogP contribution in [-0.2, 0) is 24.3 Å². The van der Waals surface area contributed by atoms with E-state index in [0.29, 0.717) is 26.2 Å². The number of halogens is 6. The number of non-ortho nitro benzene ring substituents is 1. The Hall–Kier alpha value is -3.60. The maximum absolute atomic E-state index is 13.5. The first-order chi connectivity index (χ1) is 17.8. The van der Waals surface area contributed by atoms with Crippen LogP contribution in [-0.4, -0.2) is 36.0 Å². The molecule has 1 aliphatic rings. The molecule has 4 rings (SSSR count). The van der Waals surface area contributed by atoms with Crippen LogP contribution in [0, 0.1) is 10.1 Å². The second-order valence-corrected chi connectivity index (χ2v) is 9.48. The van der Waals surface area contributed by atoms with Gasteiger partial charge in [-0.05, 0) is 54.8 Å². The molecule has 1 atom stereocenters. The van der Waals surface area contributed by atoms with Gasteiger partial charge in [0.1, 0.15) is 0 Å². The van der Waals surface area contributed by atoms with Gasteiger partial charge >= 0.3 is 12.4 Å². The molecule has 1 aliphatic heterocycles. The summed E-state index contributed by atoms with van der Waals surface area (Å²) in [5, 5.41) is 10.9. The summed E-state index contributed by atoms with van der Waals surface area (Å²) >= 11 is 0. The zero-order valence-corrected chi connectivity index (χ0v) is 20.4. The van der Waals surface area contributed by atoms with Gasteiger partial charge in [0, 0.05) is 49.5 Å². The smallest absolute Gasteiger partial charge is 0.369 e. The quantitative estimate of drug-likeness (QED) is 0.195. The minimum Gasteiger partial charge on any atom is -0.369 e. The van der Waals surface area contributed by atoms with Crippen LogP contribution in [0.15, 0.2) is 72.8 Å². The van der Waals surface area contributed by atoms with E-state index < -0.39 is 33.9 Å². The fourth-order valence-corrected chi connectivity index (χ4v) is 4.96. The van der Waals surface area contributed by atoms with Gasteiger partial charge in [0.25, 0.3) is 5.69 Å². The molecule has 1 fully saturated rings. The van der Waals surface area contributed by atoms with Crippen molar-refractivity contribution in [1.29, 1.82) is 0 Å². The number of alkyl halides is 6. The summed E-state index contributed by atoms with van der Waals surface area (Å²) < 4.78 is 81.0. The highest BCUT2D eigenvalue weighted by atomic mass is 19.4. The van der Waals surface area contributed by atoms with Crippen molar-refractivity contribution in [3.8, 4) is 0 Å². The summed E-state index contributed by atoms with van der Waals surface area (Å²) in [4.78, 5) is 14.6. The predicted octanol–water partition coefficient (Wildman–Crippen LogP) is 6.91. The van der Waals surface area contributed by atoms with Crippen molar-refractivity contribution in [3.05, 3.63) is 105 Å². The van der Waals surface area contributed by atoms with E-state index >= 15 is 0 Å². The summed E-state index contributed by atoms with van der Waals surface area (Å²) in [6, 6.07) is 16.9. The van der Waals surface area contributed by atoms with Gasteiger partial charge in [-0.15, -0.1) is 0 Å². The van der Waals surface area contributed by atoms with Gasteiger partial charge in [0.05, 0.1) is 16.1 Å². The lowest BCUT2D eigenvalue weighted by Gasteiger charge is -2.47. The summed E-state index contributed by atoms with van der Waals surface area (Å²) in [7, 11) is 0. The molecule has 0 radical (unpaired) electrons. The number of nitro groups is 1. The molecule has 0 aromatic heterocycles. The van der Waals surface area contributed by atoms with Crippen molar-refractivity contribution in [2.75, 3.05) is 31.1 Å². The van der Waals surface area contributed by atoms with Gasteiger partial charge in [-0.3, -0.25) is 15.0 Å². The Morgan fingerprint density at radius 3 is 1.76 bits per heavy atom. The number of hydrogen-bond acceptors (Lipinski definition) is 4. The van der Waals surface area contributed by atoms with Crippen LogP contribution in [0.4, 0.5) is 37.7 Å². The largest absolute Gasteiger partial charge is 0.416 e. The van der Waals surface area contributed by atoms with Crippen molar-refractivity contribution in [2.45, 2.75) is 31.2 Å². The van der Waals surface area contributed by atoms with Gasteiger partial charge in [0.15, 0.2) is 0 Å². The van der Waals surface area contributed by atoms with Crippen molar-refractivity contribution in [3.63, 3.8) is 0 Å². The average Bonchev–Trinajstić information content (AvgIpc) is 2.88. The van der Waals surface area contributed by atoms with E-state index in [1.165, 1.54) is 12.1 Å². The molecule has 1 heterocycles. The molecular weight excluding hydrogens is 512 g/mol. The number of nitrogens with zero attached hydrogens (tertiary/aromatic N) is 3. The summed E-state index contributed by atoms with van der Waals surface area (Å²) in [5.74, 6) is 0. The Bertz CT molecular complexity index is 1240. The molecule has 3 aromatic rings. The molecule has 11 heteroatoms. The molecule has 38 heavy (non-hydrogen) atoms. The summed E-state index contributed by atoms with van der Waals surface area (Å²) in [5.41, 5.74) is -2.07. The van der Waals surface area contributed by atoms with Gasteiger partial charge in [-0.25, -0.2) is 0 Å². The number of anilines is 1. The third kappa shape index (κ3) is 5.93. The lowest BCUT2D eigenvalue weighted by molar-refractivity contribution is -0.384. The van der Waals surface area contributed by atoms with Gasteiger partial charge < -0.3 is 4.90 Å². The van der Waals surface area contributed by atoms with Crippen molar-refractivity contribution >= 4 is 11.4 Å². The molecule has 5 nitrogen and oxygen atoms in total. The standard InChI is InChI=1S/C27H25F6N3O2/c1-25(20-5-3-2-4-6-20,18-19-15-21(26(28,29)30)17-22(16-19)27(31,32)33)35-13-11-34(12-14-35)23-7-9-24(10-8-23)36(37)38/h2-10,15-17H,11-14,18H2,1H3. The van der Waals surface area contributed by atoms with Crippen LogP contribution >= 0.6 is 0 Å². The first-order valence-electron chi connectivity index (χ1n) is 11.9. The normalized spacial score (nSPS) is 16.8. The van der Waals surface area contributed by atoms with Crippen LogP contribution in [0.2, 0.25) is 0 Å². The molecule has 3 aromatic carbocycles. The highest BCUT2D eigenvalue weighted by Crippen LogP contribution is 2.39. The molecule has 202 valence electrons. The Labute approximate surface area is 215 Å². The minimum absolute atomic E-state index is 0.0247. The lowest BCUT2D eigenvalue weighted by atomic mass is 9.82. The number of nitro benzene ring substituents is 1. The maximum Gasteiger partial charge on any atom is 0.416 e. The van der Waals surface area contributed by atoms with E-state index in [0.717, 1.165) is 23.4 Å². The molecule has 0 spiro atoms. The van der Waals surface area contributed by atoms with E-state index in [1.807, 2.05) is 24.0 Å². The van der Waals surface area contributed by atoms with Crippen molar-refractivity contribution in [1.82, 2.24) is 4.90 Å². The van der Waals surface area contributed by atoms with Crippen LogP contribution < -0.4 is 4.90 Å². The van der Waals surface area contributed by atoms with E-state index in [-0.39, 0.29) is 23.7 Å². The van der Waals surface area contributed by atoms with E-state index in [1.54, 1.807) is 30.3 Å². The first kappa shape index (κ1) is 27.4. The zero-order valence-electron chi connectivity index (χ0n) is 20.4. The molecule has 0 bridgehead atoms. The highest BCUT2D eigenvalue weighted by molar-refractivity contribution is 5.51. The van der Waals surface area contributed by atoms with Crippen molar-refractivity contribution in [2.24, 2.45) is 0 Å². The van der Waals surface area contributed by atoms with E-state index in [4.69, 9.17) is 0 Å². The third-order valence-corrected chi connectivity index (χ3v) is 6.99. The summed E-state index contributed by atoms with van der Waals surface area (Å²) in [6.07, 6.45) is -9.91. The topological polar surface area (TPSA) is 49.6 Å². The van der Waals surface area contributed by atoms with Gasteiger partial charge in [-0.2, -0.15) is 26.3 Å². The number of hydrogen-bond donors (Lipinski definition) is 0. The monoisotopic (exact) mass is 537 g/mol. The molecule has 1 unspecified atom stereocenters. The molecule has 1 saturated heterocycles. The Kier molecular flexibility index (Phi) is 7.42. The summed E-state index contributed by atoms with van der Waals surface area (Å²) in [6.45, 7) is 3.84. The number of piperazine rings is 1. The Morgan fingerprint density at radius 1 is 0.763 bits per heavy atom. The van der Waals surface area contributed by atoms with Crippen LogP contribution in [0.3, 0.4) is 0 Å². The highest BCUT2D eigenvalue weighted by Gasteiger charge is 2.40. The molecule has 0 saturated carbocycles. The maximum atomic E-state index is 13.5. The zero-order chi connectivity index (χ0) is 27.7. The van der Waals surface area contributed by atoms with Crippen LogP contribution in [0.5, 0.6) is 0 Å². The van der Waals surface area contributed by atoms with Crippen LogP contribution in [0.25, 0.3) is 0 Å². The third-order valence-electron chi connectivity index (χ3n) is 6.99.